The van der Waals surface area contributed by atoms with Crippen LogP contribution < -0.4 is 5.32 Å². The van der Waals surface area contributed by atoms with E-state index in [9.17, 15) is 26.4 Å². The number of carbonyl (C=O) groups is 1. The van der Waals surface area contributed by atoms with E-state index in [4.69, 9.17) is 0 Å². The average Bonchev–Trinajstić information content (AvgIpc) is 3.02. The van der Waals surface area contributed by atoms with Crippen molar-refractivity contribution in [3.63, 3.8) is 0 Å². The molecule has 0 aliphatic heterocycles. The minimum Gasteiger partial charge on any atom is -0.326 e. The van der Waals surface area contributed by atoms with Crippen LogP contribution in [0.15, 0.2) is 131 Å². The molecule has 0 saturated carbocycles. The van der Waals surface area contributed by atoms with Gasteiger partial charge >= 0.3 is 6.18 Å². The van der Waals surface area contributed by atoms with E-state index in [0.29, 0.717) is 5.69 Å². The molecule has 0 spiro atoms. The Bertz CT molecular complexity index is 1870. The van der Waals surface area contributed by atoms with E-state index >= 15 is 0 Å². The summed E-state index contributed by atoms with van der Waals surface area (Å²) in [4.78, 5) is 16.8. The summed E-state index contributed by atoms with van der Waals surface area (Å²) in [6.07, 6.45) is -1.68. The Labute approximate surface area is 267 Å². The van der Waals surface area contributed by atoms with Gasteiger partial charge in [-0.05, 0) is 76.3 Å². The van der Waals surface area contributed by atoms with E-state index in [1.54, 1.807) is 67.0 Å². The summed E-state index contributed by atoms with van der Waals surface area (Å²) in [5.74, 6) is -0.558. The highest BCUT2D eigenvalue weighted by molar-refractivity contribution is 9.10. The van der Waals surface area contributed by atoms with Crippen molar-refractivity contribution in [1.29, 1.82) is 0 Å². The second-order valence-electron chi connectivity index (χ2n) is 10.2. The highest BCUT2D eigenvalue weighted by atomic mass is 79.9. The van der Waals surface area contributed by atoms with E-state index < -0.39 is 34.1 Å². The normalized spacial score (nSPS) is 11.8. The third-order valence-corrected chi connectivity index (χ3v) is 9.36. The maximum atomic E-state index is 13.6. The van der Waals surface area contributed by atoms with Gasteiger partial charge in [-0.2, -0.15) is 17.5 Å². The number of sulfonamides is 1. The first-order valence-corrected chi connectivity index (χ1v) is 16.0. The zero-order chi connectivity index (χ0) is 32.0. The lowest BCUT2D eigenvalue weighted by molar-refractivity contribution is -0.138. The lowest BCUT2D eigenvalue weighted by Crippen LogP contribution is -2.30. The van der Waals surface area contributed by atoms with Crippen molar-refractivity contribution < 1.29 is 26.4 Å². The van der Waals surface area contributed by atoms with Crippen LogP contribution in [0.5, 0.6) is 0 Å². The minimum atomic E-state index is -4.54. The molecule has 1 N–H and O–H groups in total. The third-order valence-electron chi connectivity index (χ3n) is 7.02. The Morgan fingerprint density at radius 1 is 0.778 bits per heavy atom. The van der Waals surface area contributed by atoms with Gasteiger partial charge in [0.25, 0.3) is 0 Å². The van der Waals surface area contributed by atoms with Gasteiger partial charge in [0, 0.05) is 35.6 Å². The average molecular weight is 695 g/mol. The van der Waals surface area contributed by atoms with Crippen molar-refractivity contribution in [2.24, 2.45) is 0 Å². The van der Waals surface area contributed by atoms with Crippen LogP contribution in [0, 0.1) is 0 Å². The molecule has 4 aromatic carbocycles. The summed E-state index contributed by atoms with van der Waals surface area (Å²) in [5, 5.41) is 2.65. The largest absolute Gasteiger partial charge is 0.416 e. The summed E-state index contributed by atoms with van der Waals surface area (Å²) >= 11 is 3.35. The minimum absolute atomic E-state index is 0.0946. The number of alkyl halides is 3. The molecule has 11 heteroatoms. The fourth-order valence-electron chi connectivity index (χ4n) is 4.76. The Balaban J connectivity index is 1.28. The fourth-order valence-corrected chi connectivity index (χ4v) is 6.44. The summed E-state index contributed by atoms with van der Waals surface area (Å²) in [6, 6.07) is 29.5. The number of hydrogen-bond acceptors (Lipinski definition) is 4. The number of carbonyl (C=O) groups excluding carboxylic acids is 1. The Morgan fingerprint density at radius 3 is 2.02 bits per heavy atom. The van der Waals surface area contributed by atoms with E-state index in [0.717, 1.165) is 32.8 Å². The van der Waals surface area contributed by atoms with E-state index in [-0.39, 0.29) is 23.5 Å². The van der Waals surface area contributed by atoms with Crippen LogP contribution in [0.25, 0.3) is 11.1 Å². The zero-order valence-corrected chi connectivity index (χ0v) is 26.1. The van der Waals surface area contributed by atoms with Crippen LogP contribution in [-0.4, -0.2) is 23.6 Å². The molecule has 230 valence electrons. The molecule has 0 saturated heterocycles. The quantitative estimate of drug-likeness (QED) is 0.160. The molecule has 0 atom stereocenters. The van der Waals surface area contributed by atoms with E-state index in [1.165, 1.54) is 22.5 Å². The standard InChI is InChI=1S/C34H27BrF3N3O3S/c35-29-13-17-31(18-14-29)45(43,44)41(23-25-4-3-19-39-21-25)22-24-7-9-26(10-8-24)27-11-15-30(16-12-27)40-33(42)20-28-5-1-2-6-32(28)34(36,37)38/h1-19,21H,20,22-23H2,(H,40,42). The SMILES string of the molecule is O=C(Cc1ccccc1C(F)(F)F)Nc1ccc(-c2ccc(CN(Cc3cccnc3)S(=O)(=O)c3ccc(Br)cc3)cc2)cc1. The zero-order valence-electron chi connectivity index (χ0n) is 23.7. The first-order chi connectivity index (χ1) is 21.5. The Hall–Kier alpha value is -4.32. The second kappa shape index (κ2) is 13.8. The molecule has 0 bridgehead atoms. The van der Waals surface area contributed by atoms with Gasteiger partial charge in [-0.3, -0.25) is 9.78 Å². The van der Waals surface area contributed by atoms with E-state index in [1.807, 2.05) is 30.3 Å². The predicted octanol–water partition coefficient (Wildman–Crippen LogP) is 8.10. The van der Waals surface area contributed by atoms with Crippen molar-refractivity contribution in [1.82, 2.24) is 9.29 Å². The molecule has 0 aliphatic rings. The molecule has 1 aromatic heterocycles. The van der Waals surface area contributed by atoms with Gasteiger partial charge in [0.15, 0.2) is 0 Å². The molecule has 6 nitrogen and oxygen atoms in total. The molecule has 5 rings (SSSR count). The number of aromatic nitrogens is 1. The third kappa shape index (κ3) is 8.24. The van der Waals surface area contributed by atoms with E-state index in [2.05, 4.69) is 26.2 Å². The molecule has 0 fully saturated rings. The number of nitrogens with one attached hydrogen (secondary N) is 1. The smallest absolute Gasteiger partial charge is 0.326 e. The van der Waals surface area contributed by atoms with Crippen LogP contribution in [0.2, 0.25) is 0 Å². The van der Waals surface area contributed by atoms with Gasteiger partial charge < -0.3 is 5.32 Å². The first kappa shape index (κ1) is 32.1. The number of halogens is 4. The summed E-state index contributed by atoms with van der Waals surface area (Å²) in [5.41, 5.74) is 2.78. The molecular formula is C34H27BrF3N3O3S. The molecule has 45 heavy (non-hydrogen) atoms. The number of nitrogens with zero attached hydrogens (tertiary/aromatic N) is 2. The van der Waals surface area contributed by atoms with Gasteiger partial charge in [0.1, 0.15) is 0 Å². The molecule has 1 amide bonds. The van der Waals surface area contributed by atoms with Crippen LogP contribution in [0.1, 0.15) is 22.3 Å². The topological polar surface area (TPSA) is 79.4 Å². The maximum Gasteiger partial charge on any atom is 0.416 e. The molecule has 0 radical (unpaired) electrons. The molecule has 0 unspecified atom stereocenters. The van der Waals surface area contributed by atoms with Crippen molar-refractivity contribution in [3.8, 4) is 11.1 Å². The Kier molecular flexibility index (Phi) is 9.81. The van der Waals surface area contributed by atoms with Gasteiger partial charge in [-0.1, -0.05) is 76.6 Å². The predicted molar refractivity (Wildman–Crippen MR) is 170 cm³/mol. The Morgan fingerprint density at radius 2 is 1.40 bits per heavy atom. The molecular weight excluding hydrogens is 667 g/mol. The van der Waals surface area contributed by atoms with Gasteiger partial charge in [0.05, 0.1) is 16.9 Å². The summed E-state index contributed by atoms with van der Waals surface area (Å²) in [7, 11) is -3.83. The number of anilines is 1. The van der Waals surface area contributed by atoms with Crippen LogP contribution in [0.3, 0.4) is 0 Å². The van der Waals surface area contributed by atoms with Gasteiger partial charge in [-0.25, -0.2) is 8.42 Å². The fraction of sp³-hybridized carbons (Fsp3) is 0.118. The van der Waals surface area contributed by atoms with Crippen molar-refractivity contribution in [2.75, 3.05) is 5.32 Å². The highest BCUT2D eigenvalue weighted by Gasteiger charge is 2.33. The molecule has 0 aliphatic carbocycles. The molecule has 1 heterocycles. The van der Waals surface area contributed by atoms with Gasteiger partial charge in [0.2, 0.25) is 15.9 Å². The highest BCUT2D eigenvalue weighted by Crippen LogP contribution is 2.32. The van der Waals surface area contributed by atoms with Crippen LogP contribution >= 0.6 is 15.9 Å². The first-order valence-electron chi connectivity index (χ1n) is 13.8. The van der Waals surface area contributed by atoms with Crippen LogP contribution in [-0.2, 0) is 40.5 Å². The summed E-state index contributed by atoms with van der Waals surface area (Å²) < 4.78 is 69.3. The van der Waals surface area contributed by atoms with Crippen molar-refractivity contribution in [3.05, 3.63) is 148 Å². The van der Waals surface area contributed by atoms with Crippen molar-refractivity contribution >= 4 is 37.5 Å². The lowest BCUT2D eigenvalue weighted by atomic mass is 10.0. The second-order valence-corrected chi connectivity index (χ2v) is 13.1. The number of amides is 1. The number of hydrogen-bond donors (Lipinski definition) is 1. The number of benzene rings is 4. The number of pyridine rings is 1. The van der Waals surface area contributed by atoms with Crippen molar-refractivity contribution in [2.45, 2.75) is 30.6 Å². The van der Waals surface area contributed by atoms with Gasteiger partial charge in [-0.15, -0.1) is 0 Å². The lowest BCUT2D eigenvalue weighted by Gasteiger charge is -2.22. The maximum absolute atomic E-state index is 13.6. The van der Waals surface area contributed by atoms with Crippen LogP contribution in [0.4, 0.5) is 18.9 Å². The summed E-state index contributed by atoms with van der Waals surface area (Å²) in [6.45, 7) is 0.277. The monoisotopic (exact) mass is 693 g/mol. The number of rotatable bonds is 10. The molecule has 5 aromatic rings.